The summed E-state index contributed by atoms with van der Waals surface area (Å²) in [6.45, 7) is 0.0201. The van der Waals surface area contributed by atoms with Gasteiger partial charge in [-0.1, -0.05) is 17.7 Å². The smallest absolute Gasteiger partial charge is 0.194 e. The predicted molar refractivity (Wildman–Crippen MR) is 113 cm³/mol. The van der Waals surface area contributed by atoms with Crippen LogP contribution in [0.15, 0.2) is 57.7 Å². The van der Waals surface area contributed by atoms with Gasteiger partial charge in [-0.15, -0.1) is 0 Å². The Morgan fingerprint density at radius 3 is 2.69 bits per heavy atom. The molecule has 0 saturated heterocycles. The highest BCUT2D eigenvalue weighted by molar-refractivity contribution is 6.32. The molecule has 0 fully saturated rings. The average Bonchev–Trinajstić information content (AvgIpc) is 3.26. The summed E-state index contributed by atoms with van der Waals surface area (Å²) in [5.74, 6) is -0.200. The minimum absolute atomic E-state index is 0.0201. The van der Waals surface area contributed by atoms with Crippen molar-refractivity contribution in [1.82, 2.24) is 0 Å². The van der Waals surface area contributed by atoms with Crippen LogP contribution in [0.3, 0.4) is 0 Å². The highest BCUT2D eigenvalue weighted by Crippen LogP contribution is 2.56. The molecule has 160 valence electrons. The third-order valence-corrected chi connectivity index (χ3v) is 6.35. The Bertz CT molecular complexity index is 1240. The number of hydrogen-bond acceptors (Lipinski definition) is 6. The quantitative estimate of drug-likeness (QED) is 0.682. The standard InChI is InChI=1S/C24H18ClFN4O2/c25-19-9-14(26)5-7-20(19)31-11-15-6-8-21(32-15)22-17-4-2-1-3-16(17)18(10-27)23(30)24(22,12-28)13-29/h3,5-9,17,22H,1-2,4,11,30H2/t17-,22-/m1/s1. The van der Waals surface area contributed by atoms with E-state index in [4.69, 9.17) is 26.5 Å². The molecule has 0 aliphatic heterocycles. The van der Waals surface area contributed by atoms with Crippen LogP contribution in [0.25, 0.3) is 0 Å². The van der Waals surface area contributed by atoms with Crippen molar-refractivity contribution in [3.05, 3.63) is 75.6 Å². The van der Waals surface area contributed by atoms with Crippen LogP contribution in [0, 0.1) is 51.1 Å². The van der Waals surface area contributed by atoms with Gasteiger partial charge in [-0.05, 0) is 61.1 Å². The Balaban J connectivity index is 1.70. The molecular formula is C24H18ClFN4O2. The van der Waals surface area contributed by atoms with Gasteiger partial charge in [-0.2, -0.15) is 15.8 Å². The predicted octanol–water partition coefficient (Wildman–Crippen LogP) is 5.24. The zero-order valence-corrected chi connectivity index (χ0v) is 17.7. The van der Waals surface area contributed by atoms with Crippen molar-refractivity contribution in [2.75, 3.05) is 0 Å². The van der Waals surface area contributed by atoms with Crippen LogP contribution in [0.5, 0.6) is 5.75 Å². The van der Waals surface area contributed by atoms with Gasteiger partial charge in [0, 0.05) is 0 Å². The molecule has 2 aliphatic carbocycles. The van der Waals surface area contributed by atoms with Gasteiger partial charge in [-0.3, -0.25) is 0 Å². The molecule has 0 amide bonds. The van der Waals surface area contributed by atoms with E-state index in [1.54, 1.807) is 12.1 Å². The van der Waals surface area contributed by atoms with Crippen LogP contribution in [-0.2, 0) is 6.61 Å². The van der Waals surface area contributed by atoms with Gasteiger partial charge < -0.3 is 14.9 Å². The largest absolute Gasteiger partial charge is 0.484 e. The van der Waals surface area contributed by atoms with Crippen LogP contribution in [0.4, 0.5) is 4.39 Å². The molecule has 8 heteroatoms. The lowest BCUT2D eigenvalue weighted by molar-refractivity contribution is 0.238. The first-order valence-corrected chi connectivity index (χ1v) is 10.4. The van der Waals surface area contributed by atoms with Gasteiger partial charge in [0.2, 0.25) is 0 Å². The fraction of sp³-hybridized carbons (Fsp3) is 0.292. The summed E-state index contributed by atoms with van der Waals surface area (Å²) in [5, 5.41) is 29.9. The lowest BCUT2D eigenvalue weighted by Gasteiger charge is -2.42. The number of rotatable bonds is 4. The topological polar surface area (TPSA) is 120 Å². The van der Waals surface area contributed by atoms with E-state index < -0.39 is 17.2 Å². The summed E-state index contributed by atoms with van der Waals surface area (Å²) in [6.07, 6.45) is 4.35. The minimum Gasteiger partial charge on any atom is -0.484 e. The van der Waals surface area contributed by atoms with E-state index in [0.29, 0.717) is 23.7 Å². The second-order valence-corrected chi connectivity index (χ2v) is 8.18. The molecule has 2 aliphatic rings. The molecule has 2 aromatic rings. The number of nitrogens with zero attached hydrogens (tertiary/aromatic N) is 3. The summed E-state index contributed by atoms with van der Waals surface area (Å²) >= 11 is 6.00. The molecule has 1 aromatic carbocycles. The number of allylic oxidation sites excluding steroid dienone is 4. The molecule has 0 saturated carbocycles. The number of ether oxygens (including phenoxy) is 1. The van der Waals surface area contributed by atoms with Crippen molar-refractivity contribution in [2.45, 2.75) is 31.8 Å². The third-order valence-electron chi connectivity index (χ3n) is 6.05. The maximum atomic E-state index is 13.2. The first-order chi connectivity index (χ1) is 15.4. The van der Waals surface area contributed by atoms with E-state index in [2.05, 4.69) is 18.2 Å². The molecule has 0 radical (unpaired) electrons. The molecule has 6 nitrogen and oxygen atoms in total. The highest BCUT2D eigenvalue weighted by atomic mass is 35.5. The van der Waals surface area contributed by atoms with Gasteiger partial charge in [0.25, 0.3) is 0 Å². The van der Waals surface area contributed by atoms with Crippen molar-refractivity contribution in [3.63, 3.8) is 0 Å². The Hall–Kier alpha value is -3.73. The van der Waals surface area contributed by atoms with E-state index in [1.165, 1.54) is 12.1 Å². The highest BCUT2D eigenvalue weighted by Gasteiger charge is 2.55. The number of furan rings is 1. The number of halogens is 2. The van der Waals surface area contributed by atoms with Crippen LogP contribution in [0.2, 0.25) is 5.02 Å². The first-order valence-electron chi connectivity index (χ1n) is 10.0. The lowest BCUT2D eigenvalue weighted by Crippen LogP contribution is -2.42. The van der Waals surface area contributed by atoms with Crippen molar-refractivity contribution in [3.8, 4) is 24.0 Å². The van der Waals surface area contributed by atoms with Crippen molar-refractivity contribution < 1.29 is 13.5 Å². The maximum Gasteiger partial charge on any atom is 0.194 e. The fourth-order valence-electron chi connectivity index (χ4n) is 4.56. The molecular weight excluding hydrogens is 431 g/mol. The summed E-state index contributed by atoms with van der Waals surface area (Å²) in [4.78, 5) is 0. The molecule has 2 atom stereocenters. The molecule has 0 bridgehead atoms. The van der Waals surface area contributed by atoms with E-state index in [9.17, 15) is 20.2 Å². The maximum absolute atomic E-state index is 13.2. The van der Waals surface area contributed by atoms with E-state index in [-0.39, 0.29) is 28.8 Å². The molecule has 1 aromatic heterocycles. The summed E-state index contributed by atoms with van der Waals surface area (Å²) in [7, 11) is 0. The summed E-state index contributed by atoms with van der Waals surface area (Å²) in [6, 6.07) is 13.5. The van der Waals surface area contributed by atoms with Gasteiger partial charge in [0.05, 0.1) is 34.3 Å². The first kappa shape index (κ1) is 21.5. The van der Waals surface area contributed by atoms with Crippen molar-refractivity contribution >= 4 is 11.6 Å². The van der Waals surface area contributed by atoms with Crippen molar-refractivity contribution in [2.24, 2.45) is 17.1 Å². The fourth-order valence-corrected chi connectivity index (χ4v) is 4.78. The summed E-state index contributed by atoms with van der Waals surface area (Å²) in [5.41, 5.74) is 5.49. The normalized spacial score (nSPS) is 21.5. The van der Waals surface area contributed by atoms with Crippen LogP contribution >= 0.6 is 11.6 Å². The molecule has 0 unspecified atom stereocenters. The molecule has 32 heavy (non-hydrogen) atoms. The molecule has 4 rings (SSSR count). The average molecular weight is 449 g/mol. The van der Waals surface area contributed by atoms with Crippen molar-refractivity contribution in [1.29, 1.82) is 15.8 Å². The molecule has 1 heterocycles. The van der Waals surface area contributed by atoms with Crippen LogP contribution in [-0.4, -0.2) is 0 Å². The monoisotopic (exact) mass is 448 g/mol. The Morgan fingerprint density at radius 2 is 2.00 bits per heavy atom. The Morgan fingerprint density at radius 1 is 1.22 bits per heavy atom. The van der Waals surface area contributed by atoms with Gasteiger partial charge in [0.15, 0.2) is 5.41 Å². The van der Waals surface area contributed by atoms with Gasteiger partial charge in [-0.25, -0.2) is 4.39 Å². The third kappa shape index (κ3) is 3.40. The zero-order chi connectivity index (χ0) is 22.9. The number of fused-ring (bicyclic) bond motifs is 1. The second-order valence-electron chi connectivity index (χ2n) is 7.77. The van der Waals surface area contributed by atoms with Crippen LogP contribution in [0.1, 0.15) is 36.7 Å². The zero-order valence-electron chi connectivity index (χ0n) is 16.9. The van der Waals surface area contributed by atoms with E-state index in [1.807, 2.05) is 6.08 Å². The van der Waals surface area contributed by atoms with Gasteiger partial charge in [0.1, 0.15) is 35.8 Å². The molecule has 2 N–H and O–H groups in total. The Labute approximate surface area is 189 Å². The minimum atomic E-state index is -1.72. The number of nitrogens with two attached hydrogens (primary N) is 1. The van der Waals surface area contributed by atoms with Gasteiger partial charge >= 0.3 is 0 Å². The number of hydrogen-bond donors (Lipinski definition) is 1. The van der Waals surface area contributed by atoms with E-state index >= 15 is 0 Å². The van der Waals surface area contributed by atoms with E-state index in [0.717, 1.165) is 24.5 Å². The number of benzene rings is 1. The van der Waals surface area contributed by atoms with Crippen LogP contribution < -0.4 is 10.5 Å². The Kier molecular flexibility index (Phi) is 5.66. The number of nitriles is 3. The second kappa shape index (κ2) is 8.42. The lowest BCUT2D eigenvalue weighted by atomic mass is 9.58. The molecule has 0 spiro atoms. The SMILES string of the molecule is N#CC1=C(N)C(C#N)(C#N)[C@@H](c2ccc(COc3ccc(F)cc3Cl)o2)[C@@H]2CCCC=C12. The summed E-state index contributed by atoms with van der Waals surface area (Å²) < 4.78 is 24.9.